The molecule has 0 N–H and O–H groups in total. The van der Waals surface area contributed by atoms with Crippen molar-refractivity contribution in [3.63, 3.8) is 0 Å². The van der Waals surface area contributed by atoms with Gasteiger partial charge in [0.2, 0.25) is 5.95 Å². The average molecular weight is 373 g/mol. The van der Waals surface area contributed by atoms with Crippen LogP contribution in [-0.4, -0.2) is 97.0 Å². The van der Waals surface area contributed by atoms with E-state index in [1.54, 1.807) is 0 Å². The minimum atomic E-state index is 0.696. The maximum atomic E-state index is 5.83. The molecule has 2 saturated heterocycles. The normalized spacial score (nSPS) is 20.6. The van der Waals surface area contributed by atoms with E-state index in [4.69, 9.17) is 28.2 Å². The van der Waals surface area contributed by atoms with Crippen LogP contribution >= 0.6 is 23.2 Å². The highest BCUT2D eigenvalue weighted by Gasteiger charge is 2.21. The lowest BCUT2D eigenvalue weighted by Crippen LogP contribution is -2.48. The van der Waals surface area contributed by atoms with E-state index in [-0.39, 0.29) is 0 Å². The second-order valence-electron chi connectivity index (χ2n) is 6.25. The second kappa shape index (κ2) is 9.04. The quantitative estimate of drug-likeness (QED) is 0.698. The lowest BCUT2D eigenvalue weighted by molar-refractivity contribution is 0.270. The van der Waals surface area contributed by atoms with Crippen LogP contribution in [0.1, 0.15) is 0 Å². The highest BCUT2D eigenvalue weighted by molar-refractivity contribution is 6.18. The van der Waals surface area contributed by atoms with Crippen molar-refractivity contribution in [1.29, 1.82) is 0 Å². The Balaban J connectivity index is 1.57. The van der Waals surface area contributed by atoms with Crippen LogP contribution in [-0.2, 0) is 0 Å². The number of alkyl halides is 2. The number of rotatable bonds is 6. The van der Waals surface area contributed by atoms with Crippen molar-refractivity contribution < 1.29 is 0 Å². The summed E-state index contributed by atoms with van der Waals surface area (Å²) in [5.74, 6) is 3.28. The van der Waals surface area contributed by atoms with Gasteiger partial charge in [0.15, 0.2) is 0 Å². The first kappa shape index (κ1) is 18.0. The monoisotopic (exact) mass is 372 g/mol. The van der Waals surface area contributed by atoms with Gasteiger partial charge in [-0.2, -0.15) is 4.98 Å². The number of hydrogen-bond acceptors (Lipinski definition) is 6. The predicted octanol–water partition coefficient (Wildman–Crippen LogP) is 1.20. The summed E-state index contributed by atoms with van der Waals surface area (Å²) in [7, 11) is 0. The van der Waals surface area contributed by atoms with Crippen LogP contribution in [0, 0.1) is 0 Å². The summed E-state index contributed by atoms with van der Waals surface area (Å²) in [4.78, 5) is 18.7. The molecule has 134 valence electrons. The summed E-state index contributed by atoms with van der Waals surface area (Å²) in [5.41, 5.74) is 0. The van der Waals surface area contributed by atoms with Crippen molar-refractivity contribution in [2.24, 2.45) is 0 Å². The van der Waals surface area contributed by atoms with Gasteiger partial charge in [0.1, 0.15) is 5.82 Å². The number of aromatic nitrogens is 2. The number of anilines is 2. The van der Waals surface area contributed by atoms with E-state index in [9.17, 15) is 0 Å². The fourth-order valence-electron chi connectivity index (χ4n) is 3.28. The molecular weight excluding hydrogens is 347 g/mol. The smallest absolute Gasteiger partial charge is 0.227 e. The zero-order valence-corrected chi connectivity index (χ0v) is 15.6. The molecule has 0 radical (unpaired) electrons. The third-order valence-electron chi connectivity index (χ3n) is 4.78. The number of halogens is 2. The van der Waals surface area contributed by atoms with E-state index in [1.165, 1.54) is 0 Å². The number of nitrogens with zero attached hydrogens (tertiary/aromatic N) is 6. The lowest BCUT2D eigenvalue weighted by Gasteiger charge is -2.36. The Hall–Kier alpha value is -0.820. The van der Waals surface area contributed by atoms with Gasteiger partial charge in [-0.05, 0) is 6.07 Å². The first-order valence-electron chi connectivity index (χ1n) is 8.70. The molecule has 0 spiro atoms. The van der Waals surface area contributed by atoms with E-state index >= 15 is 0 Å². The highest BCUT2D eigenvalue weighted by Crippen LogP contribution is 2.18. The van der Waals surface area contributed by atoms with Crippen LogP contribution in [0.5, 0.6) is 0 Å². The number of piperazine rings is 2. The molecule has 2 fully saturated rings. The van der Waals surface area contributed by atoms with Gasteiger partial charge in [-0.25, -0.2) is 4.98 Å². The highest BCUT2D eigenvalue weighted by atomic mass is 35.5. The lowest BCUT2D eigenvalue weighted by atomic mass is 10.3. The molecule has 6 nitrogen and oxygen atoms in total. The van der Waals surface area contributed by atoms with E-state index in [1.807, 2.05) is 12.3 Å². The summed E-state index contributed by atoms with van der Waals surface area (Å²) < 4.78 is 0. The Morgan fingerprint density at radius 3 is 1.88 bits per heavy atom. The van der Waals surface area contributed by atoms with Crippen molar-refractivity contribution in [2.45, 2.75) is 0 Å². The zero-order chi connectivity index (χ0) is 16.8. The van der Waals surface area contributed by atoms with E-state index in [0.29, 0.717) is 11.8 Å². The van der Waals surface area contributed by atoms with Gasteiger partial charge in [0, 0.05) is 83.4 Å². The van der Waals surface area contributed by atoms with Crippen molar-refractivity contribution in [1.82, 2.24) is 19.8 Å². The van der Waals surface area contributed by atoms with Crippen LogP contribution in [0.2, 0.25) is 0 Å². The zero-order valence-electron chi connectivity index (χ0n) is 14.1. The summed E-state index contributed by atoms with van der Waals surface area (Å²) in [5, 5.41) is 0. The third kappa shape index (κ3) is 4.63. The molecule has 0 unspecified atom stereocenters. The first-order chi connectivity index (χ1) is 11.8. The summed E-state index contributed by atoms with van der Waals surface area (Å²) in [6.45, 7) is 9.99. The van der Waals surface area contributed by atoms with Gasteiger partial charge < -0.3 is 9.80 Å². The van der Waals surface area contributed by atoms with Crippen LogP contribution in [0.4, 0.5) is 11.8 Å². The minimum absolute atomic E-state index is 0.696. The van der Waals surface area contributed by atoms with Gasteiger partial charge in [-0.3, -0.25) is 9.80 Å². The van der Waals surface area contributed by atoms with Crippen molar-refractivity contribution >= 4 is 35.0 Å². The van der Waals surface area contributed by atoms with E-state index in [2.05, 4.69) is 24.6 Å². The van der Waals surface area contributed by atoms with Gasteiger partial charge in [-0.15, -0.1) is 23.2 Å². The molecule has 3 rings (SSSR count). The molecule has 0 aliphatic carbocycles. The fourth-order valence-corrected chi connectivity index (χ4v) is 3.76. The Labute approximate surface area is 154 Å². The van der Waals surface area contributed by atoms with Gasteiger partial charge in [-0.1, -0.05) is 0 Å². The molecule has 3 heterocycles. The third-order valence-corrected chi connectivity index (χ3v) is 5.12. The van der Waals surface area contributed by atoms with Crippen molar-refractivity contribution in [3.05, 3.63) is 12.3 Å². The topological polar surface area (TPSA) is 38.7 Å². The van der Waals surface area contributed by atoms with Crippen molar-refractivity contribution in [3.8, 4) is 0 Å². The second-order valence-corrected chi connectivity index (χ2v) is 7.01. The Morgan fingerprint density at radius 2 is 1.33 bits per heavy atom. The molecule has 0 aromatic carbocycles. The van der Waals surface area contributed by atoms with Gasteiger partial charge in [0.25, 0.3) is 0 Å². The molecule has 24 heavy (non-hydrogen) atoms. The first-order valence-corrected chi connectivity index (χ1v) is 9.76. The number of hydrogen-bond donors (Lipinski definition) is 0. The Morgan fingerprint density at radius 1 is 0.792 bits per heavy atom. The Kier molecular flexibility index (Phi) is 6.77. The van der Waals surface area contributed by atoms with Crippen molar-refractivity contribution in [2.75, 3.05) is 87.0 Å². The molecule has 0 amide bonds. The molecule has 0 atom stereocenters. The van der Waals surface area contributed by atoms with Gasteiger partial charge in [0.05, 0.1) is 0 Å². The summed E-state index contributed by atoms with van der Waals surface area (Å²) >= 11 is 11.7. The van der Waals surface area contributed by atoms with Crippen LogP contribution in [0.15, 0.2) is 12.3 Å². The van der Waals surface area contributed by atoms with Gasteiger partial charge >= 0.3 is 0 Å². The van der Waals surface area contributed by atoms with Crippen LogP contribution in [0.25, 0.3) is 0 Å². The molecule has 0 saturated carbocycles. The molecule has 1 aromatic heterocycles. The summed E-state index contributed by atoms with van der Waals surface area (Å²) in [6, 6.07) is 2.02. The standard InChI is InChI=1S/C16H26Cl2N6/c17-2-5-21-7-11-23(12-8-21)15-1-4-19-16(20-15)24-13-9-22(6-3-18)10-14-24/h1,4H,2-3,5-14H2. The summed E-state index contributed by atoms with van der Waals surface area (Å²) in [6.07, 6.45) is 1.88. The fraction of sp³-hybridized carbons (Fsp3) is 0.750. The average Bonchev–Trinajstić information content (AvgIpc) is 2.64. The predicted molar refractivity (Wildman–Crippen MR) is 101 cm³/mol. The SMILES string of the molecule is ClCCN1CCN(c2ccnc(N3CCN(CCCl)CC3)n2)CC1. The molecule has 8 heteroatoms. The Bertz CT molecular complexity index is 460. The minimum Gasteiger partial charge on any atom is -0.354 e. The van der Waals surface area contributed by atoms with Crippen LogP contribution < -0.4 is 9.80 Å². The molecule has 0 bridgehead atoms. The molecule has 2 aliphatic rings. The molecule has 2 aliphatic heterocycles. The maximum Gasteiger partial charge on any atom is 0.227 e. The largest absolute Gasteiger partial charge is 0.354 e. The van der Waals surface area contributed by atoms with E-state index < -0.39 is 0 Å². The molecule has 1 aromatic rings. The molecular formula is C16H26Cl2N6. The maximum absolute atomic E-state index is 5.83. The van der Waals surface area contributed by atoms with E-state index in [0.717, 1.165) is 77.2 Å². The van der Waals surface area contributed by atoms with Crippen LogP contribution in [0.3, 0.4) is 0 Å².